The van der Waals surface area contributed by atoms with Gasteiger partial charge in [0.2, 0.25) is 5.78 Å². The van der Waals surface area contributed by atoms with Crippen molar-refractivity contribution in [2.24, 2.45) is 0 Å². The van der Waals surface area contributed by atoms with Gasteiger partial charge in [-0.15, -0.1) is 0 Å². The third-order valence-electron chi connectivity index (χ3n) is 4.84. The Balaban J connectivity index is 1.45. The van der Waals surface area contributed by atoms with Gasteiger partial charge < -0.3 is 18.9 Å². The van der Waals surface area contributed by atoms with E-state index in [9.17, 15) is 4.79 Å². The number of hydrogen-bond acceptors (Lipinski definition) is 5. The molecule has 5 nitrogen and oxygen atoms in total. The highest BCUT2D eigenvalue weighted by atomic mass is 16.5. The summed E-state index contributed by atoms with van der Waals surface area (Å²) in [5, 5.41) is 0. The molecule has 1 aliphatic heterocycles. The van der Waals surface area contributed by atoms with Gasteiger partial charge in [-0.05, 0) is 42.0 Å². The van der Waals surface area contributed by atoms with Crippen molar-refractivity contribution >= 4 is 11.9 Å². The maximum absolute atomic E-state index is 12.6. The quantitative estimate of drug-likeness (QED) is 0.481. The van der Waals surface area contributed by atoms with E-state index in [4.69, 9.17) is 18.9 Å². The summed E-state index contributed by atoms with van der Waals surface area (Å²) in [6, 6.07) is 20.6. The molecule has 0 aliphatic carbocycles. The summed E-state index contributed by atoms with van der Waals surface area (Å²) in [6.45, 7) is 0.383. The van der Waals surface area contributed by atoms with E-state index < -0.39 is 0 Å². The molecular formula is C26H22O5. The number of carbonyl (C=O) groups is 1. The molecule has 1 aliphatic rings. The van der Waals surface area contributed by atoms with Crippen molar-refractivity contribution < 1.29 is 23.7 Å². The topological polar surface area (TPSA) is 54.0 Å². The lowest BCUT2D eigenvalue weighted by atomic mass is 10.1. The first kappa shape index (κ1) is 20.3. The van der Waals surface area contributed by atoms with Crippen molar-refractivity contribution in [2.45, 2.75) is 6.61 Å². The van der Waals surface area contributed by atoms with Crippen molar-refractivity contribution in [1.82, 2.24) is 0 Å². The number of fused-ring (bicyclic) bond motifs is 1. The molecular weight excluding hydrogens is 392 g/mol. The predicted molar refractivity (Wildman–Crippen MR) is 119 cm³/mol. The number of carbonyl (C=O) groups excluding carboxylic acids is 1. The van der Waals surface area contributed by atoms with Gasteiger partial charge in [0, 0.05) is 11.6 Å². The van der Waals surface area contributed by atoms with Crippen LogP contribution in [0.25, 0.3) is 6.08 Å². The van der Waals surface area contributed by atoms with Crippen LogP contribution >= 0.6 is 0 Å². The van der Waals surface area contributed by atoms with Crippen molar-refractivity contribution in [2.75, 3.05) is 14.2 Å². The van der Waals surface area contributed by atoms with Gasteiger partial charge in [0.05, 0.1) is 19.8 Å². The Morgan fingerprint density at radius 1 is 0.903 bits per heavy atom. The Kier molecular flexibility index (Phi) is 6.03. The maximum Gasteiger partial charge on any atom is 0.231 e. The monoisotopic (exact) mass is 414 g/mol. The summed E-state index contributed by atoms with van der Waals surface area (Å²) in [7, 11) is 3.25. The van der Waals surface area contributed by atoms with Crippen LogP contribution in [0.1, 0.15) is 21.5 Å². The Morgan fingerprint density at radius 2 is 1.77 bits per heavy atom. The Hall–Kier alpha value is -3.99. The molecule has 5 heteroatoms. The molecule has 1 heterocycles. The number of methoxy groups -OCH3 is 2. The second-order valence-electron chi connectivity index (χ2n) is 6.86. The van der Waals surface area contributed by atoms with Crippen LogP contribution in [0, 0.1) is 0 Å². The van der Waals surface area contributed by atoms with Crippen LogP contribution in [0.4, 0.5) is 0 Å². The Morgan fingerprint density at radius 3 is 2.61 bits per heavy atom. The third kappa shape index (κ3) is 4.61. The normalized spacial score (nSPS) is 13.9. The third-order valence-corrected chi connectivity index (χ3v) is 4.84. The lowest BCUT2D eigenvalue weighted by Crippen LogP contribution is -1.97. The predicted octanol–water partition coefficient (Wildman–Crippen LogP) is 5.46. The smallest absolute Gasteiger partial charge is 0.231 e. The first-order valence-corrected chi connectivity index (χ1v) is 9.81. The zero-order valence-electron chi connectivity index (χ0n) is 17.3. The maximum atomic E-state index is 12.6. The molecule has 0 unspecified atom stereocenters. The largest absolute Gasteiger partial charge is 0.497 e. The lowest BCUT2D eigenvalue weighted by molar-refractivity contribution is 0.101. The molecule has 3 aromatic carbocycles. The van der Waals surface area contributed by atoms with Crippen LogP contribution in [-0.2, 0) is 6.61 Å². The molecule has 0 radical (unpaired) electrons. The minimum atomic E-state index is -0.154. The highest BCUT2D eigenvalue weighted by Crippen LogP contribution is 2.34. The Bertz CT molecular complexity index is 1160. The van der Waals surface area contributed by atoms with Crippen LogP contribution in [0.15, 0.2) is 84.6 Å². The van der Waals surface area contributed by atoms with E-state index in [1.165, 1.54) is 0 Å². The van der Waals surface area contributed by atoms with Crippen LogP contribution < -0.4 is 18.9 Å². The van der Waals surface area contributed by atoms with Gasteiger partial charge in [0.1, 0.15) is 29.6 Å². The summed E-state index contributed by atoms with van der Waals surface area (Å²) in [6.07, 6.45) is 5.30. The number of para-hydroxylation sites is 1. The SMILES string of the molecule is COc1cccc(COc2ccc3c(c2)O/C(=C\C=C\c2ccccc2OC)C3=O)c1. The molecule has 0 fully saturated rings. The molecule has 0 bridgehead atoms. The highest BCUT2D eigenvalue weighted by Gasteiger charge is 2.27. The summed E-state index contributed by atoms with van der Waals surface area (Å²) in [5.74, 6) is 2.77. The van der Waals surface area contributed by atoms with Gasteiger partial charge >= 0.3 is 0 Å². The molecule has 0 spiro atoms. The van der Waals surface area contributed by atoms with Gasteiger partial charge in [-0.2, -0.15) is 0 Å². The van der Waals surface area contributed by atoms with Gasteiger partial charge in [-0.1, -0.05) is 42.5 Å². The summed E-state index contributed by atoms with van der Waals surface area (Å²) >= 11 is 0. The van der Waals surface area contributed by atoms with Crippen molar-refractivity contribution in [3.05, 3.63) is 101 Å². The molecule has 0 N–H and O–H groups in total. The van der Waals surface area contributed by atoms with Crippen LogP contribution in [0.5, 0.6) is 23.0 Å². The van der Waals surface area contributed by atoms with E-state index in [1.54, 1.807) is 44.6 Å². The zero-order chi connectivity index (χ0) is 21.6. The number of Topliss-reactive ketones (excluding diaryl/α,β-unsaturated/α-hetero) is 1. The first-order chi connectivity index (χ1) is 15.2. The van der Waals surface area contributed by atoms with Gasteiger partial charge in [-0.3, -0.25) is 4.79 Å². The van der Waals surface area contributed by atoms with Gasteiger partial charge in [-0.25, -0.2) is 0 Å². The molecule has 0 saturated carbocycles. The molecule has 4 rings (SSSR count). The minimum Gasteiger partial charge on any atom is -0.497 e. The number of hydrogen-bond donors (Lipinski definition) is 0. The molecule has 3 aromatic rings. The van der Waals surface area contributed by atoms with Gasteiger partial charge in [0.15, 0.2) is 5.76 Å². The van der Waals surface area contributed by atoms with Crippen LogP contribution in [0.2, 0.25) is 0 Å². The summed E-state index contributed by atoms with van der Waals surface area (Å²) < 4.78 is 22.2. The van der Waals surface area contributed by atoms with Crippen molar-refractivity contribution in [3.63, 3.8) is 0 Å². The lowest BCUT2D eigenvalue weighted by Gasteiger charge is -2.08. The highest BCUT2D eigenvalue weighted by molar-refractivity contribution is 6.12. The van der Waals surface area contributed by atoms with Crippen LogP contribution in [-0.4, -0.2) is 20.0 Å². The first-order valence-electron chi connectivity index (χ1n) is 9.81. The van der Waals surface area contributed by atoms with E-state index in [1.807, 2.05) is 54.6 Å². The number of ether oxygens (including phenoxy) is 4. The molecule has 0 atom stereocenters. The fraction of sp³-hybridized carbons (Fsp3) is 0.115. The Labute approximate surface area is 181 Å². The minimum absolute atomic E-state index is 0.154. The van der Waals surface area contributed by atoms with E-state index in [0.717, 1.165) is 22.6 Å². The molecule has 0 amide bonds. The van der Waals surface area contributed by atoms with E-state index in [2.05, 4.69) is 0 Å². The molecule has 156 valence electrons. The number of benzene rings is 3. The second kappa shape index (κ2) is 9.22. The van der Waals surface area contributed by atoms with E-state index in [-0.39, 0.29) is 11.5 Å². The van der Waals surface area contributed by atoms with Crippen LogP contribution in [0.3, 0.4) is 0 Å². The zero-order valence-corrected chi connectivity index (χ0v) is 17.3. The molecule has 0 saturated heterocycles. The average molecular weight is 414 g/mol. The number of allylic oxidation sites excluding steroid dienone is 3. The fourth-order valence-electron chi connectivity index (χ4n) is 3.24. The van der Waals surface area contributed by atoms with Gasteiger partial charge in [0.25, 0.3) is 0 Å². The van der Waals surface area contributed by atoms with Crippen molar-refractivity contribution in [1.29, 1.82) is 0 Å². The number of ketones is 1. The average Bonchev–Trinajstić information content (AvgIpc) is 3.13. The second-order valence-corrected chi connectivity index (χ2v) is 6.86. The molecule has 0 aromatic heterocycles. The van der Waals surface area contributed by atoms with E-state index in [0.29, 0.717) is 23.7 Å². The van der Waals surface area contributed by atoms with Crippen molar-refractivity contribution in [3.8, 4) is 23.0 Å². The summed E-state index contributed by atoms with van der Waals surface area (Å²) in [4.78, 5) is 12.6. The summed E-state index contributed by atoms with van der Waals surface area (Å²) in [5.41, 5.74) is 2.42. The number of rotatable bonds is 7. The molecule has 31 heavy (non-hydrogen) atoms. The standard InChI is InChI=1S/C26H22O5/c1-28-20-10-5-7-18(15-20)17-30-21-13-14-22-25(16-21)31-24(26(22)27)12-6-9-19-8-3-4-11-23(19)29-2/h3-16H,17H2,1-2H3/b9-6+,24-12-. The fourth-order valence-corrected chi connectivity index (χ4v) is 3.24. The van der Waals surface area contributed by atoms with E-state index >= 15 is 0 Å².